The highest BCUT2D eigenvalue weighted by molar-refractivity contribution is 9.10. The molecular weight excluding hydrogens is 474 g/mol. The van der Waals surface area contributed by atoms with Crippen LogP contribution in [0.15, 0.2) is 45.5 Å². The molecule has 0 radical (unpaired) electrons. The SMILES string of the molecule is Brc1c(NC2=NCC[NH2+]2)ccc2nccnc12.O=C([O-])CCCCC1C=CSS1. The third-order valence-electron chi connectivity index (χ3n) is 4.24. The topological polar surface area (TPSA) is 107 Å². The molecule has 0 saturated heterocycles. The van der Waals surface area contributed by atoms with E-state index in [2.05, 4.69) is 53.0 Å². The van der Waals surface area contributed by atoms with Crippen molar-refractivity contribution in [2.45, 2.75) is 30.9 Å². The van der Waals surface area contributed by atoms with Gasteiger partial charge in [0.05, 0.1) is 22.2 Å². The Bertz CT molecular complexity index is 909. The van der Waals surface area contributed by atoms with Crippen molar-refractivity contribution in [1.82, 2.24) is 9.97 Å². The van der Waals surface area contributed by atoms with Gasteiger partial charge in [-0.25, -0.2) is 4.99 Å². The minimum Gasteiger partial charge on any atom is -0.550 e. The number of rotatable bonds is 6. The number of quaternary nitrogens is 1. The molecule has 0 amide bonds. The number of nitrogens with zero attached hydrogens (tertiary/aromatic N) is 3. The maximum Gasteiger partial charge on any atom is 0.299 e. The summed E-state index contributed by atoms with van der Waals surface area (Å²) in [6, 6.07) is 3.93. The van der Waals surface area contributed by atoms with Crippen molar-refractivity contribution < 1.29 is 15.2 Å². The van der Waals surface area contributed by atoms with Gasteiger partial charge in [-0.15, -0.1) is 0 Å². The maximum atomic E-state index is 10.1. The molecule has 2 aliphatic rings. The molecule has 1 aromatic carbocycles. The number of carboxylic acids is 1. The molecule has 2 aliphatic heterocycles. The van der Waals surface area contributed by atoms with Crippen LogP contribution in [0.5, 0.6) is 0 Å². The van der Waals surface area contributed by atoms with E-state index in [4.69, 9.17) is 0 Å². The normalized spacial score (nSPS) is 17.7. The minimum atomic E-state index is -0.931. The van der Waals surface area contributed by atoms with Crippen molar-refractivity contribution in [2.24, 2.45) is 4.99 Å². The smallest absolute Gasteiger partial charge is 0.299 e. The number of nitrogens with two attached hydrogens (primary N) is 1. The van der Waals surface area contributed by atoms with Crippen LogP contribution in [0.4, 0.5) is 5.69 Å². The number of benzene rings is 1. The summed E-state index contributed by atoms with van der Waals surface area (Å²) in [7, 11) is 3.60. The van der Waals surface area contributed by atoms with Crippen molar-refractivity contribution in [3.05, 3.63) is 40.5 Å². The summed E-state index contributed by atoms with van der Waals surface area (Å²) < 4.78 is 0.922. The Morgan fingerprint density at radius 2 is 2.17 bits per heavy atom. The lowest BCUT2D eigenvalue weighted by Gasteiger charge is -2.07. The number of aliphatic carboxylic acids is 1. The van der Waals surface area contributed by atoms with Crippen LogP contribution in [0.25, 0.3) is 11.0 Å². The molecule has 3 heterocycles. The summed E-state index contributed by atoms with van der Waals surface area (Å²) >= 11 is 3.56. The lowest BCUT2D eigenvalue weighted by molar-refractivity contribution is -0.527. The van der Waals surface area contributed by atoms with Crippen molar-refractivity contribution in [2.75, 3.05) is 18.4 Å². The molecule has 0 fully saturated rings. The molecule has 1 unspecified atom stereocenters. The van der Waals surface area contributed by atoms with Crippen LogP contribution < -0.4 is 15.7 Å². The van der Waals surface area contributed by atoms with Gasteiger partial charge in [-0.2, -0.15) is 0 Å². The Morgan fingerprint density at radius 3 is 2.90 bits per heavy atom. The quantitative estimate of drug-likeness (QED) is 0.467. The highest BCUT2D eigenvalue weighted by Gasteiger charge is 2.13. The van der Waals surface area contributed by atoms with E-state index in [0.717, 1.165) is 59.5 Å². The average Bonchev–Trinajstić information content (AvgIpc) is 3.42. The first-order chi connectivity index (χ1) is 14.1. The number of guanidine groups is 1. The fourth-order valence-corrected chi connectivity index (χ4v) is 5.59. The number of aromatic nitrogens is 2. The number of carboxylic acid groups (broad SMARTS) is 1. The van der Waals surface area contributed by atoms with E-state index in [-0.39, 0.29) is 6.42 Å². The van der Waals surface area contributed by atoms with Crippen molar-refractivity contribution in [3.63, 3.8) is 0 Å². The molecule has 4 rings (SSSR count). The lowest BCUT2D eigenvalue weighted by Crippen LogP contribution is -2.87. The number of hydrogen-bond donors (Lipinski definition) is 2. The average molecular weight is 496 g/mol. The van der Waals surface area contributed by atoms with Gasteiger partial charge in [0.1, 0.15) is 12.1 Å². The van der Waals surface area contributed by atoms with Crippen molar-refractivity contribution in [1.29, 1.82) is 0 Å². The van der Waals surface area contributed by atoms with Gasteiger partial charge in [0.15, 0.2) is 0 Å². The summed E-state index contributed by atoms with van der Waals surface area (Å²) in [4.78, 5) is 23.0. The Labute approximate surface area is 185 Å². The van der Waals surface area contributed by atoms with Crippen LogP contribution in [-0.2, 0) is 4.79 Å². The fraction of sp³-hybridized carbons (Fsp3) is 0.368. The van der Waals surface area contributed by atoms with E-state index >= 15 is 0 Å². The van der Waals surface area contributed by atoms with E-state index in [1.54, 1.807) is 23.2 Å². The maximum absolute atomic E-state index is 10.1. The van der Waals surface area contributed by atoms with E-state index in [1.165, 1.54) is 0 Å². The molecule has 3 N–H and O–H groups in total. The monoisotopic (exact) mass is 495 g/mol. The molecule has 10 heteroatoms. The highest BCUT2D eigenvalue weighted by Crippen LogP contribution is 2.37. The molecule has 0 aliphatic carbocycles. The van der Waals surface area contributed by atoms with Gasteiger partial charge in [-0.3, -0.25) is 20.6 Å². The first kappa shape index (κ1) is 22.1. The summed E-state index contributed by atoms with van der Waals surface area (Å²) in [5.41, 5.74) is 2.70. The Morgan fingerprint density at radius 1 is 1.31 bits per heavy atom. The Hall–Kier alpha value is -1.62. The number of hydrogen-bond acceptors (Lipinski definition) is 8. The van der Waals surface area contributed by atoms with Gasteiger partial charge < -0.3 is 9.90 Å². The van der Waals surface area contributed by atoms with Gasteiger partial charge in [0.2, 0.25) is 0 Å². The lowest BCUT2D eigenvalue weighted by atomic mass is 10.1. The van der Waals surface area contributed by atoms with Gasteiger partial charge in [-0.1, -0.05) is 34.1 Å². The number of anilines is 1. The second-order valence-corrected chi connectivity index (χ2v) is 9.62. The van der Waals surface area contributed by atoms with Gasteiger partial charge >= 0.3 is 0 Å². The van der Waals surface area contributed by atoms with Gasteiger partial charge in [-0.05, 0) is 52.7 Å². The Balaban J connectivity index is 0.000000177. The zero-order valence-electron chi connectivity index (χ0n) is 15.7. The predicted molar refractivity (Wildman–Crippen MR) is 122 cm³/mol. The Kier molecular flexibility index (Phi) is 8.78. The van der Waals surface area contributed by atoms with E-state index in [9.17, 15) is 9.90 Å². The second-order valence-electron chi connectivity index (χ2n) is 6.41. The molecule has 1 aromatic heterocycles. The summed E-state index contributed by atoms with van der Waals surface area (Å²) in [5, 5.41) is 18.1. The molecule has 7 nitrogen and oxygen atoms in total. The number of nitrogens with one attached hydrogen (secondary N) is 1. The number of carbonyl (C=O) groups excluding carboxylic acids is 1. The molecular formula is C19H22BrN5O2S2. The van der Waals surface area contributed by atoms with E-state index in [1.807, 2.05) is 22.9 Å². The van der Waals surface area contributed by atoms with Crippen LogP contribution in [0.2, 0.25) is 0 Å². The fourth-order valence-electron chi connectivity index (χ4n) is 2.79. The first-order valence-electron chi connectivity index (χ1n) is 9.36. The zero-order chi connectivity index (χ0) is 20.5. The number of unbranched alkanes of at least 4 members (excludes halogenated alkanes) is 1. The van der Waals surface area contributed by atoms with Gasteiger partial charge in [0, 0.05) is 23.6 Å². The highest BCUT2D eigenvalue weighted by atomic mass is 79.9. The largest absolute Gasteiger partial charge is 0.550 e. The zero-order valence-corrected chi connectivity index (χ0v) is 18.9. The van der Waals surface area contributed by atoms with Crippen LogP contribution >= 0.6 is 37.5 Å². The van der Waals surface area contributed by atoms with Crippen molar-refractivity contribution >= 4 is 66.2 Å². The molecule has 0 bridgehead atoms. The van der Waals surface area contributed by atoms with Crippen LogP contribution in [0.1, 0.15) is 25.7 Å². The molecule has 0 saturated carbocycles. The van der Waals surface area contributed by atoms with E-state index < -0.39 is 5.97 Å². The number of fused-ring (bicyclic) bond motifs is 1. The van der Waals surface area contributed by atoms with Crippen LogP contribution in [0, 0.1) is 0 Å². The summed E-state index contributed by atoms with van der Waals surface area (Å²) in [5.74, 6) is -0.00654. The molecule has 2 aromatic rings. The first-order valence-corrected chi connectivity index (χ1v) is 12.4. The van der Waals surface area contributed by atoms with Gasteiger partial charge in [0.25, 0.3) is 5.96 Å². The standard InChI is InChI=1S/C11H10BrN5.C8H12O2S2/c12-9-7(17-11-15-5-6-16-11)1-2-8-10(9)14-4-3-13-8;9-8(10)4-2-1-3-7-5-6-11-12-7/h1-4H,5-6H2,(H2,15,16,17);5-7H,1-4H2,(H,9,10). The van der Waals surface area contributed by atoms with Crippen LogP contribution in [0.3, 0.4) is 0 Å². The molecule has 29 heavy (non-hydrogen) atoms. The summed E-state index contributed by atoms with van der Waals surface area (Å²) in [6.45, 7) is 1.88. The second kappa shape index (κ2) is 11.5. The van der Waals surface area contributed by atoms with Crippen LogP contribution in [-0.4, -0.2) is 40.2 Å². The summed E-state index contributed by atoms with van der Waals surface area (Å²) in [6.07, 6.45) is 8.57. The molecule has 154 valence electrons. The minimum absolute atomic E-state index is 0.203. The van der Waals surface area contributed by atoms with Crippen molar-refractivity contribution in [3.8, 4) is 0 Å². The number of halogens is 1. The third-order valence-corrected chi connectivity index (χ3v) is 7.47. The molecule has 0 spiro atoms. The number of carbonyl (C=O) groups is 1. The number of aliphatic imine (C=N–C) groups is 1. The molecule has 1 atom stereocenters. The third kappa shape index (κ3) is 6.98. The predicted octanol–water partition coefficient (Wildman–Crippen LogP) is 2.31. The van der Waals surface area contributed by atoms with E-state index in [0.29, 0.717) is 5.25 Å².